The first kappa shape index (κ1) is 20.3. The minimum absolute atomic E-state index is 0.0960. The van der Waals surface area contributed by atoms with Crippen LogP contribution in [0.3, 0.4) is 0 Å². The lowest BCUT2D eigenvalue weighted by Gasteiger charge is -2.21. The van der Waals surface area contributed by atoms with Gasteiger partial charge in [0.2, 0.25) is 0 Å². The standard InChI is InChI=1S/C22H25FN4O3/c23-18-9-8-16(12-17(18)21(29)24-15-6-7-15)25-22(30)19-10-11-20(28)27(26-19)13-14-4-2-1-3-5-14/h8-12,14-15H,1-7,13H2,(H,24,29)(H,25,30). The molecule has 2 aliphatic carbocycles. The van der Waals surface area contributed by atoms with Gasteiger partial charge in [-0.15, -0.1) is 0 Å². The molecule has 0 aliphatic heterocycles. The Morgan fingerprint density at radius 1 is 1.03 bits per heavy atom. The number of anilines is 1. The molecule has 0 atom stereocenters. The molecule has 7 nitrogen and oxygen atoms in total. The van der Waals surface area contributed by atoms with Crippen molar-refractivity contribution in [2.24, 2.45) is 5.92 Å². The van der Waals surface area contributed by atoms with Crippen molar-refractivity contribution in [2.75, 3.05) is 5.32 Å². The molecule has 2 amide bonds. The predicted octanol–water partition coefficient (Wildman–Crippen LogP) is 3.11. The van der Waals surface area contributed by atoms with Crippen LogP contribution in [-0.2, 0) is 6.54 Å². The van der Waals surface area contributed by atoms with Crippen LogP contribution in [0.4, 0.5) is 10.1 Å². The molecule has 158 valence electrons. The predicted molar refractivity (Wildman–Crippen MR) is 110 cm³/mol. The van der Waals surface area contributed by atoms with Crippen molar-refractivity contribution in [3.05, 3.63) is 57.8 Å². The monoisotopic (exact) mass is 412 g/mol. The number of nitrogens with zero attached hydrogens (tertiary/aromatic N) is 2. The smallest absolute Gasteiger partial charge is 0.276 e. The first-order valence-electron chi connectivity index (χ1n) is 10.5. The molecule has 0 bridgehead atoms. The minimum Gasteiger partial charge on any atom is -0.349 e. The number of hydrogen-bond acceptors (Lipinski definition) is 4. The minimum atomic E-state index is -0.648. The zero-order chi connectivity index (χ0) is 21.1. The summed E-state index contributed by atoms with van der Waals surface area (Å²) in [5.41, 5.74) is 0.0285. The molecule has 1 aromatic heterocycles. The first-order valence-corrected chi connectivity index (χ1v) is 10.5. The van der Waals surface area contributed by atoms with E-state index in [1.54, 1.807) is 0 Å². The van der Waals surface area contributed by atoms with Gasteiger partial charge < -0.3 is 10.6 Å². The Hall–Kier alpha value is -3.03. The molecule has 0 unspecified atom stereocenters. The number of hydrogen-bond donors (Lipinski definition) is 2. The summed E-state index contributed by atoms with van der Waals surface area (Å²) in [4.78, 5) is 37.0. The van der Waals surface area contributed by atoms with E-state index < -0.39 is 17.6 Å². The second-order valence-electron chi connectivity index (χ2n) is 8.14. The zero-order valence-corrected chi connectivity index (χ0v) is 16.7. The molecule has 0 spiro atoms. The molecular formula is C22H25FN4O3. The van der Waals surface area contributed by atoms with Crippen molar-refractivity contribution in [3.63, 3.8) is 0 Å². The molecule has 8 heteroatoms. The number of amides is 2. The highest BCUT2D eigenvalue weighted by Gasteiger charge is 2.25. The highest BCUT2D eigenvalue weighted by Crippen LogP contribution is 2.24. The Morgan fingerprint density at radius 2 is 1.80 bits per heavy atom. The maximum atomic E-state index is 14.0. The van der Waals surface area contributed by atoms with Crippen LogP contribution in [0.5, 0.6) is 0 Å². The van der Waals surface area contributed by atoms with Gasteiger partial charge >= 0.3 is 0 Å². The molecule has 2 saturated carbocycles. The van der Waals surface area contributed by atoms with E-state index in [2.05, 4.69) is 15.7 Å². The number of benzene rings is 1. The van der Waals surface area contributed by atoms with Gasteiger partial charge in [0.15, 0.2) is 0 Å². The molecule has 0 radical (unpaired) electrons. The largest absolute Gasteiger partial charge is 0.349 e. The third-order valence-corrected chi connectivity index (χ3v) is 5.64. The Kier molecular flexibility index (Phi) is 5.92. The molecule has 1 heterocycles. The van der Waals surface area contributed by atoms with Crippen LogP contribution in [-0.4, -0.2) is 27.6 Å². The number of aromatic nitrogens is 2. The van der Waals surface area contributed by atoms with Gasteiger partial charge in [-0.3, -0.25) is 14.4 Å². The van der Waals surface area contributed by atoms with E-state index >= 15 is 0 Å². The number of carbonyl (C=O) groups excluding carboxylic acids is 2. The van der Waals surface area contributed by atoms with Gasteiger partial charge in [0.1, 0.15) is 11.5 Å². The third kappa shape index (κ3) is 4.93. The van der Waals surface area contributed by atoms with E-state index in [4.69, 9.17) is 0 Å². The molecule has 2 aromatic rings. The third-order valence-electron chi connectivity index (χ3n) is 5.64. The van der Waals surface area contributed by atoms with Crippen LogP contribution in [0, 0.1) is 11.7 Å². The normalized spacial score (nSPS) is 16.8. The van der Waals surface area contributed by atoms with Crippen molar-refractivity contribution in [1.82, 2.24) is 15.1 Å². The van der Waals surface area contributed by atoms with E-state index in [0.717, 1.165) is 44.6 Å². The lowest BCUT2D eigenvalue weighted by Crippen LogP contribution is -2.29. The Labute approximate surface area is 173 Å². The summed E-state index contributed by atoms with van der Waals surface area (Å²) in [6.45, 7) is 0.502. The van der Waals surface area contributed by atoms with Crippen molar-refractivity contribution >= 4 is 17.5 Å². The first-order chi connectivity index (χ1) is 14.5. The van der Waals surface area contributed by atoms with E-state index in [9.17, 15) is 18.8 Å². The number of nitrogens with one attached hydrogen (secondary N) is 2. The highest BCUT2D eigenvalue weighted by molar-refractivity contribution is 6.03. The van der Waals surface area contributed by atoms with Gasteiger partial charge in [0, 0.05) is 24.3 Å². The van der Waals surface area contributed by atoms with E-state index in [1.807, 2.05) is 0 Å². The van der Waals surface area contributed by atoms with Crippen molar-refractivity contribution < 1.29 is 14.0 Å². The van der Waals surface area contributed by atoms with E-state index in [1.165, 1.54) is 35.4 Å². The fourth-order valence-corrected chi connectivity index (χ4v) is 3.78. The molecule has 2 N–H and O–H groups in total. The highest BCUT2D eigenvalue weighted by atomic mass is 19.1. The molecule has 1 aromatic carbocycles. The Balaban J connectivity index is 1.47. The second-order valence-corrected chi connectivity index (χ2v) is 8.14. The van der Waals surface area contributed by atoms with Gasteiger partial charge in [-0.05, 0) is 55.9 Å². The van der Waals surface area contributed by atoms with Crippen LogP contribution in [0.2, 0.25) is 0 Å². The summed E-state index contributed by atoms with van der Waals surface area (Å²) in [5.74, 6) is -1.27. The van der Waals surface area contributed by atoms with Crippen molar-refractivity contribution in [2.45, 2.75) is 57.5 Å². The molecule has 2 fully saturated rings. The van der Waals surface area contributed by atoms with Crippen LogP contribution in [0.15, 0.2) is 35.1 Å². The van der Waals surface area contributed by atoms with Crippen LogP contribution in [0.1, 0.15) is 65.8 Å². The maximum Gasteiger partial charge on any atom is 0.276 e. The Morgan fingerprint density at radius 3 is 2.53 bits per heavy atom. The quantitative estimate of drug-likeness (QED) is 0.762. The van der Waals surface area contributed by atoms with Gasteiger partial charge in [-0.1, -0.05) is 19.3 Å². The van der Waals surface area contributed by atoms with Gasteiger partial charge in [-0.25, -0.2) is 9.07 Å². The number of rotatable bonds is 6. The molecule has 30 heavy (non-hydrogen) atoms. The summed E-state index contributed by atoms with van der Waals surface area (Å²) >= 11 is 0. The fourth-order valence-electron chi connectivity index (χ4n) is 3.78. The average Bonchev–Trinajstić information content (AvgIpc) is 3.55. The molecule has 4 rings (SSSR count). The van der Waals surface area contributed by atoms with Gasteiger partial charge in [0.25, 0.3) is 17.4 Å². The summed E-state index contributed by atoms with van der Waals surface area (Å²) < 4.78 is 15.4. The number of halogens is 1. The second kappa shape index (κ2) is 8.77. The van der Waals surface area contributed by atoms with Crippen molar-refractivity contribution in [3.8, 4) is 0 Å². The average molecular weight is 412 g/mol. The van der Waals surface area contributed by atoms with E-state index in [0.29, 0.717) is 12.5 Å². The summed E-state index contributed by atoms with van der Waals surface area (Å²) in [7, 11) is 0. The molecule has 2 aliphatic rings. The number of carbonyl (C=O) groups is 2. The molecule has 0 saturated heterocycles. The van der Waals surface area contributed by atoms with Crippen LogP contribution in [0.25, 0.3) is 0 Å². The van der Waals surface area contributed by atoms with Gasteiger partial charge in [-0.2, -0.15) is 5.10 Å². The SMILES string of the molecule is O=C(Nc1ccc(F)c(C(=O)NC2CC2)c1)c1ccc(=O)n(CC2CCCCC2)n1. The summed E-state index contributed by atoms with van der Waals surface area (Å²) in [6.07, 6.45) is 7.44. The van der Waals surface area contributed by atoms with Crippen molar-refractivity contribution in [1.29, 1.82) is 0 Å². The van der Waals surface area contributed by atoms with Crippen LogP contribution >= 0.6 is 0 Å². The zero-order valence-electron chi connectivity index (χ0n) is 16.7. The van der Waals surface area contributed by atoms with Gasteiger partial charge in [0.05, 0.1) is 5.56 Å². The maximum absolute atomic E-state index is 14.0. The summed E-state index contributed by atoms with van der Waals surface area (Å²) in [6, 6.07) is 6.66. The molecular weight excluding hydrogens is 387 g/mol. The lowest BCUT2D eigenvalue weighted by atomic mass is 9.89. The summed E-state index contributed by atoms with van der Waals surface area (Å²) in [5, 5.41) is 9.59. The van der Waals surface area contributed by atoms with E-state index in [-0.39, 0.29) is 28.5 Å². The topological polar surface area (TPSA) is 93.1 Å². The fraction of sp³-hybridized carbons (Fsp3) is 0.455. The Bertz CT molecular complexity index is 1010. The van der Waals surface area contributed by atoms with Crippen LogP contribution < -0.4 is 16.2 Å². The lowest BCUT2D eigenvalue weighted by molar-refractivity contribution is 0.0945.